The zero-order valence-electron chi connectivity index (χ0n) is 17.1. The molecule has 0 fully saturated rings. The second-order valence-electron chi connectivity index (χ2n) is 7.76. The number of nitrogens with one attached hydrogen (secondary N) is 1. The minimum absolute atomic E-state index is 0.133. The third kappa shape index (κ3) is 3.34. The smallest absolute Gasteiger partial charge is 0.345 e. The highest BCUT2D eigenvalue weighted by Crippen LogP contribution is 2.34. The number of hydrogen-bond acceptors (Lipinski definition) is 6. The summed E-state index contributed by atoms with van der Waals surface area (Å²) in [6, 6.07) is 6.73. The van der Waals surface area contributed by atoms with Crippen molar-refractivity contribution in [2.24, 2.45) is 0 Å². The lowest BCUT2D eigenvalue weighted by Crippen LogP contribution is -2.31. The normalized spacial score (nSPS) is 13.5. The highest BCUT2D eigenvalue weighted by atomic mass is 16.5. The molecule has 3 heterocycles. The quantitative estimate of drug-likeness (QED) is 0.402. The molecule has 1 aliphatic carbocycles. The van der Waals surface area contributed by atoms with Gasteiger partial charge in [-0.2, -0.15) is 0 Å². The van der Waals surface area contributed by atoms with Crippen LogP contribution in [0.3, 0.4) is 0 Å². The van der Waals surface area contributed by atoms with Gasteiger partial charge in [-0.1, -0.05) is 6.92 Å². The van der Waals surface area contributed by atoms with Crippen molar-refractivity contribution in [1.29, 1.82) is 0 Å². The number of rotatable bonds is 4. The van der Waals surface area contributed by atoms with Crippen LogP contribution < -0.4 is 16.0 Å². The Labute approximate surface area is 176 Å². The zero-order valence-corrected chi connectivity index (χ0v) is 17.1. The van der Waals surface area contributed by atoms with Crippen LogP contribution in [0.25, 0.3) is 22.0 Å². The molecule has 0 spiro atoms. The van der Waals surface area contributed by atoms with Crippen LogP contribution in [0.15, 0.2) is 44.5 Å². The summed E-state index contributed by atoms with van der Waals surface area (Å²) in [6.45, 7) is 2.33. The number of furan rings is 1. The number of carbonyl (C=O) groups is 1. The highest BCUT2D eigenvalue weighted by molar-refractivity contribution is 5.94. The van der Waals surface area contributed by atoms with Crippen molar-refractivity contribution in [2.75, 3.05) is 0 Å². The van der Waals surface area contributed by atoms with E-state index in [4.69, 9.17) is 9.15 Å². The molecule has 1 aromatic carbocycles. The molecule has 5 rings (SSSR count). The molecule has 0 bridgehead atoms. The van der Waals surface area contributed by atoms with Crippen molar-refractivity contribution < 1.29 is 13.9 Å². The summed E-state index contributed by atoms with van der Waals surface area (Å²) < 4.78 is 12.9. The number of pyridine rings is 1. The van der Waals surface area contributed by atoms with E-state index < -0.39 is 17.2 Å². The van der Waals surface area contributed by atoms with Crippen molar-refractivity contribution in [2.45, 2.75) is 45.6 Å². The summed E-state index contributed by atoms with van der Waals surface area (Å²) >= 11 is 0. The van der Waals surface area contributed by atoms with Crippen molar-refractivity contribution in [3.05, 3.63) is 68.2 Å². The van der Waals surface area contributed by atoms with Gasteiger partial charge < -0.3 is 9.15 Å². The number of esters is 1. The van der Waals surface area contributed by atoms with E-state index in [1.54, 1.807) is 6.07 Å². The van der Waals surface area contributed by atoms with E-state index >= 15 is 0 Å². The van der Waals surface area contributed by atoms with Crippen LogP contribution >= 0.6 is 0 Å². The van der Waals surface area contributed by atoms with Crippen LogP contribution in [0.5, 0.6) is 5.75 Å². The third-order valence-electron chi connectivity index (χ3n) is 5.65. The molecule has 8 heteroatoms. The van der Waals surface area contributed by atoms with E-state index in [0.29, 0.717) is 18.7 Å². The molecule has 4 aromatic rings. The first kappa shape index (κ1) is 19.3. The van der Waals surface area contributed by atoms with Gasteiger partial charge in [0.2, 0.25) is 0 Å². The Morgan fingerprint density at radius 2 is 2.03 bits per heavy atom. The van der Waals surface area contributed by atoms with Crippen molar-refractivity contribution >= 4 is 28.0 Å². The van der Waals surface area contributed by atoms with E-state index in [1.165, 1.54) is 22.4 Å². The third-order valence-corrected chi connectivity index (χ3v) is 5.65. The molecular weight excluding hydrogens is 398 g/mol. The minimum atomic E-state index is -0.626. The molecule has 0 saturated carbocycles. The summed E-state index contributed by atoms with van der Waals surface area (Å²) in [7, 11) is 0. The molecule has 0 amide bonds. The maximum Gasteiger partial charge on any atom is 0.345 e. The van der Waals surface area contributed by atoms with Crippen LogP contribution in [-0.4, -0.2) is 20.5 Å². The second kappa shape index (κ2) is 7.54. The lowest BCUT2D eigenvalue weighted by molar-refractivity contribution is 0.0734. The predicted molar refractivity (Wildman–Crippen MR) is 115 cm³/mol. The molecule has 1 aliphatic rings. The van der Waals surface area contributed by atoms with Gasteiger partial charge in [0.15, 0.2) is 0 Å². The number of ether oxygens (including phenoxy) is 1. The van der Waals surface area contributed by atoms with Gasteiger partial charge in [-0.15, -0.1) is 0 Å². The number of nitrogens with zero attached hydrogens (tertiary/aromatic N) is 2. The van der Waals surface area contributed by atoms with Gasteiger partial charge >= 0.3 is 11.7 Å². The molecule has 3 aromatic heterocycles. The Kier molecular flexibility index (Phi) is 4.69. The maximum atomic E-state index is 12.7. The fraction of sp³-hybridized carbons (Fsp3) is 0.304. The lowest BCUT2D eigenvalue weighted by atomic mass is 9.96. The first-order valence-electron chi connectivity index (χ1n) is 10.4. The maximum absolute atomic E-state index is 12.7. The molecule has 0 atom stereocenters. The summed E-state index contributed by atoms with van der Waals surface area (Å²) in [5.41, 5.74) is 1.26. The molecule has 0 radical (unpaired) electrons. The molecule has 31 heavy (non-hydrogen) atoms. The fourth-order valence-electron chi connectivity index (χ4n) is 4.18. The number of aryl methyl sites for hydroxylation is 3. The lowest BCUT2D eigenvalue weighted by Gasteiger charge is -2.09. The monoisotopic (exact) mass is 419 g/mol. The topological polar surface area (TPSA) is 107 Å². The van der Waals surface area contributed by atoms with Crippen LogP contribution in [0, 0.1) is 0 Å². The van der Waals surface area contributed by atoms with Gasteiger partial charge in [-0.25, -0.2) is 14.6 Å². The van der Waals surface area contributed by atoms with Crippen molar-refractivity contribution in [3.8, 4) is 5.75 Å². The molecule has 0 aliphatic heterocycles. The van der Waals surface area contributed by atoms with Crippen LogP contribution in [0.4, 0.5) is 0 Å². The first-order valence-corrected chi connectivity index (χ1v) is 10.4. The molecule has 0 saturated heterocycles. The molecule has 8 nitrogen and oxygen atoms in total. The van der Waals surface area contributed by atoms with Gasteiger partial charge in [0.25, 0.3) is 5.56 Å². The number of aromatic nitrogens is 3. The largest absolute Gasteiger partial charge is 0.461 e. The number of benzene rings is 1. The van der Waals surface area contributed by atoms with Gasteiger partial charge in [0, 0.05) is 30.1 Å². The van der Waals surface area contributed by atoms with Gasteiger partial charge in [-0.3, -0.25) is 14.3 Å². The number of hydrogen-bond donors (Lipinski definition) is 1. The SMILES string of the molecule is CCCn1c(=O)[nH]c(=O)c2cc(C(=O)Oc3ccc4oc5c(c4c3)CCCC5)cnc21. The Morgan fingerprint density at radius 3 is 2.87 bits per heavy atom. The summed E-state index contributed by atoms with van der Waals surface area (Å²) in [6.07, 6.45) is 6.15. The molecular formula is C23H21N3O5. The number of H-pyrrole nitrogens is 1. The van der Waals surface area contributed by atoms with Gasteiger partial charge in [-0.05, 0) is 49.9 Å². The van der Waals surface area contributed by atoms with E-state index in [9.17, 15) is 14.4 Å². The summed E-state index contributed by atoms with van der Waals surface area (Å²) in [5, 5.41) is 1.14. The van der Waals surface area contributed by atoms with E-state index in [1.807, 2.05) is 19.1 Å². The van der Waals surface area contributed by atoms with Crippen molar-refractivity contribution in [1.82, 2.24) is 14.5 Å². The Balaban J connectivity index is 1.49. The number of aromatic amines is 1. The second-order valence-corrected chi connectivity index (χ2v) is 7.76. The van der Waals surface area contributed by atoms with Crippen LogP contribution in [-0.2, 0) is 19.4 Å². The summed E-state index contributed by atoms with van der Waals surface area (Å²) in [5.74, 6) is 0.788. The van der Waals surface area contributed by atoms with E-state index in [0.717, 1.165) is 42.4 Å². The number of fused-ring (bicyclic) bond motifs is 4. The first-order chi connectivity index (χ1) is 15.0. The Morgan fingerprint density at radius 1 is 1.19 bits per heavy atom. The summed E-state index contributed by atoms with van der Waals surface area (Å²) in [4.78, 5) is 43.6. The standard InChI is InChI=1S/C23H21N3O5/c1-2-9-26-20-17(21(27)25-23(26)29)10-13(12-24-20)22(28)30-14-7-8-19-16(11-14)15-5-3-4-6-18(15)31-19/h7-8,10-12H,2-6,9H2,1H3,(H,25,27,29). The predicted octanol–water partition coefficient (Wildman–Crippen LogP) is 3.34. The highest BCUT2D eigenvalue weighted by Gasteiger charge is 2.19. The molecule has 0 unspecified atom stereocenters. The number of carbonyl (C=O) groups excluding carboxylic acids is 1. The average molecular weight is 419 g/mol. The van der Waals surface area contributed by atoms with Crippen molar-refractivity contribution in [3.63, 3.8) is 0 Å². The van der Waals surface area contributed by atoms with Crippen LogP contribution in [0.2, 0.25) is 0 Å². The average Bonchev–Trinajstić information content (AvgIpc) is 3.14. The van der Waals surface area contributed by atoms with E-state index in [2.05, 4.69) is 9.97 Å². The fourth-order valence-corrected chi connectivity index (χ4v) is 4.18. The Bertz CT molecular complexity index is 1440. The zero-order chi connectivity index (χ0) is 21.5. The van der Waals surface area contributed by atoms with Gasteiger partial charge in [0.1, 0.15) is 22.7 Å². The minimum Gasteiger partial charge on any atom is -0.461 e. The van der Waals surface area contributed by atoms with E-state index in [-0.39, 0.29) is 16.6 Å². The Hall–Kier alpha value is -3.68. The molecule has 1 N–H and O–H groups in total. The van der Waals surface area contributed by atoms with Gasteiger partial charge in [0.05, 0.1) is 10.9 Å². The molecule has 158 valence electrons. The van der Waals surface area contributed by atoms with Crippen LogP contribution in [0.1, 0.15) is 47.9 Å².